The summed E-state index contributed by atoms with van der Waals surface area (Å²) in [5, 5.41) is 6.67. The van der Waals surface area contributed by atoms with Crippen LogP contribution in [0.2, 0.25) is 0 Å². The third-order valence-corrected chi connectivity index (χ3v) is 4.72. The van der Waals surface area contributed by atoms with Crippen molar-refractivity contribution < 1.29 is 4.39 Å². The fourth-order valence-corrected chi connectivity index (χ4v) is 3.39. The van der Waals surface area contributed by atoms with Gasteiger partial charge in [-0.15, -0.1) is 11.3 Å². The van der Waals surface area contributed by atoms with Gasteiger partial charge in [-0.1, -0.05) is 23.8 Å². The average molecular weight is 353 g/mol. The van der Waals surface area contributed by atoms with Crippen molar-refractivity contribution in [2.75, 3.05) is 6.54 Å². The number of nitrogens with zero attached hydrogens (tertiary/aromatic N) is 3. The summed E-state index contributed by atoms with van der Waals surface area (Å²) in [6.45, 7) is 6.81. The first kappa shape index (κ1) is 17.3. The third kappa shape index (κ3) is 3.94. The van der Waals surface area contributed by atoms with E-state index < -0.39 is 0 Å². The van der Waals surface area contributed by atoms with Gasteiger partial charge in [0.25, 0.3) is 0 Å². The van der Waals surface area contributed by atoms with E-state index in [0.717, 1.165) is 21.6 Å². The van der Waals surface area contributed by atoms with Gasteiger partial charge >= 0.3 is 0 Å². The molecule has 0 unspecified atom stereocenters. The van der Waals surface area contributed by atoms with Gasteiger partial charge in [0.15, 0.2) is 0 Å². The molecule has 0 fully saturated rings. The maximum Gasteiger partial charge on any atom is 0.206 e. The van der Waals surface area contributed by atoms with Crippen LogP contribution in [0.25, 0.3) is 11.3 Å². The van der Waals surface area contributed by atoms with Gasteiger partial charge in [-0.3, -0.25) is 4.99 Å². The minimum atomic E-state index is -0.247. The first-order valence-electron chi connectivity index (χ1n) is 8.17. The summed E-state index contributed by atoms with van der Waals surface area (Å²) in [5.74, 6) is -0.247. The van der Waals surface area contributed by atoms with Crippen LogP contribution in [0.15, 0.2) is 57.9 Å². The molecule has 0 aliphatic carbocycles. The second-order valence-electron chi connectivity index (χ2n) is 5.80. The molecule has 0 spiro atoms. The van der Waals surface area contributed by atoms with Gasteiger partial charge in [-0.2, -0.15) is 5.10 Å². The SMILES string of the molecule is CCN=c1scc(-c2ccc(F)cc2)n1/N=C\c1cc(C)ccc1C. The van der Waals surface area contributed by atoms with Crippen molar-refractivity contribution in [2.24, 2.45) is 10.1 Å². The third-order valence-electron chi connectivity index (χ3n) is 3.87. The summed E-state index contributed by atoms with van der Waals surface area (Å²) in [7, 11) is 0. The predicted molar refractivity (Wildman–Crippen MR) is 103 cm³/mol. The Morgan fingerprint density at radius 2 is 1.88 bits per heavy atom. The molecule has 0 aliphatic heterocycles. The summed E-state index contributed by atoms with van der Waals surface area (Å²) in [6, 6.07) is 12.7. The summed E-state index contributed by atoms with van der Waals surface area (Å²) < 4.78 is 15.1. The molecule has 3 aromatic rings. The molecule has 0 aliphatic rings. The van der Waals surface area contributed by atoms with Crippen molar-refractivity contribution >= 4 is 17.6 Å². The molecule has 128 valence electrons. The van der Waals surface area contributed by atoms with E-state index in [0.29, 0.717) is 6.54 Å². The number of hydrogen-bond donors (Lipinski definition) is 0. The predicted octanol–water partition coefficient (Wildman–Crippen LogP) is 4.78. The Morgan fingerprint density at radius 1 is 1.12 bits per heavy atom. The lowest BCUT2D eigenvalue weighted by molar-refractivity contribution is 0.628. The maximum atomic E-state index is 13.2. The topological polar surface area (TPSA) is 29.6 Å². The second-order valence-corrected chi connectivity index (χ2v) is 6.64. The normalized spacial score (nSPS) is 12.2. The van der Waals surface area contributed by atoms with E-state index in [-0.39, 0.29) is 5.82 Å². The number of aryl methyl sites for hydroxylation is 2. The number of hydrogen-bond acceptors (Lipinski definition) is 3. The Morgan fingerprint density at radius 3 is 2.60 bits per heavy atom. The molecule has 1 aromatic heterocycles. The monoisotopic (exact) mass is 353 g/mol. The van der Waals surface area contributed by atoms with E-state index in [2.05, 4.69) is 42.1 Å². The highest BCUT2D eigenvalue weighted by Crippen LogP contribution is 2.20. The van der Waals surface area contributed by atoms with Crippen LogP contribution in [0.1, 0.15) is 23.6 Å². The Balaban J connectivity index is 2.09. The number of thiazole rings is 1. The smallest absolute Gasteiger partial charge is 0.206 e. The highest BCUT2D eigenvalue weighted by atomic mass is 32.1. The molecule has 5 heteroatoms. The Bertz CT molecular complexity index is 965. The van der Waals surface area contributed by atoms with E-state index in [1.807, 2.05) is 23.2 Å². The molecule has 0 bridgehead atoms. The van der Waals surface area contributed by atoms with Crippen molar-refractivity contribution in [1.82, 2.24) is 4.68 Å². The first-order chi connectivity index (χ1) is 12.1. The number of rotatable bonds is 4. The molecule has 3 nitrogen and oxygen atoms in total. The van der Waals surface area contributed by atoms with Gasteiger partial charge in [0, 0.05) is 17.5 Å². The van der Waals surface area contributed by atoms with Gasteiger partial charge in [0.1, 0.15) is 5.82 Å². The van der Waals surface area contributed by atoms with Crippen LogP contribution in [0, 0.1) is 19.7 Å². The number of aromatic nitrogens is 1. The minimum Gasteiger partial charge on any atom is -0.258 e. The van der Waals surface area contributed by atoms with Gasteiger partial charge in [0.05, 0.1) is 11.9 Å². The van der Waals surface area contributed by atoms with Crippen LogP contribution >= 0.6 is 11.3 Å². The molecule has 0 N–H and O–H groups in total. The number of benzene rings is 2. The quantitative estimate of drug-likeness (QED) is 0.605. The zero-order valence-electron chi connectivity index (χ0n) is 14.5. The van der Waals surface area contributed by atoms with E-state index >= 15 is 0 Å². The molecule has 3 rings (SSSR count). The molecule has 25 heavy (non-hydrogen) atoms. The van der Waals surface area contributed by atoms with Crippen LogP contribution in [0.3, 0.4) is 0 Å². The van der Waals surface area contributed by atoms with Crippen molar-refractivity contribution in [3.63, 3.8) is 0 Å². The molecule has 0 amide bonds. The van der Waals surface area contributed by atoms with E-state index in [1.54, 1.807) is 12.1 Å². The summed E-state index contributed by atoms with van der Waals surface area (Å²) in [4.78, 5) is 5.34. The van der Waals surface area contributed by atoms with Crippen LogP contribution in [0.4, 0.5) is 4.39 Å². The Hall–Kier alpha value is -2.53. The lowest BCUT2D eigenvalue weighted by Gasteiger charge is -2.05. The van der Waals surface area contributed by atoms with Gasteiger partial charge in [-0.05, 0) is 56.2 Å². The maximum absolute atomic E-state index is 13.2. The van der Waals surface area contributed by atoms with E-state index in [9.17, 15) is 4.39 Å². The first-order valence-corrected chi connectivity index (χ1v) is 9.05. The molecule has 0 saturated heterocycles. The zero-order chi connectivity index (χ0) is 17.8. The van der Waals surface area contributed by atoms with Crippen molar-refractivity contribution in [2.45, 2.75) is 20.8 Å². The summed E-state index contributed by atoms with van der Waals surface area (Å²) >= 11 is 1.53. The molecule has 2 aromatic carbocycles. The lowest BCUT2D eigenvalue weighted by atomic mass is 10.1. The molecular formula is C20H20FN3S. The fourth-order valence-electron chi connectivity index (χ4n) is 2.49. The van der Waals surface area contributed by atoms with Gasteiger partial charge in [0.2, 0.25) is 4.80 Å². The second kappa shape index (κ2) is 7.57. The fraction of sp³-hybridized carbons (Fsp3) is 0.200. The molecular weight excluding hydrogens is 333 g/mol. The van der Waals surface area contributed by atoms with Gasteiger partial charge in [-0.25, -0.2) is 9.07 Å². The molecule has 0 radical (unpaired) electrons. The van der Waals surface area contributed by atoms with E-state index in [4.69, 9.17) is 0 Å². The zero-order valence-corrected chi connectivity index (χ0v) is 15.3. The van der Waals surface area contributed by atoms with Crippen LogP contribution < -0.4 is 4.80 Å². The van der Waals surface area contributed by atoms with Crippen LogP contribution in [0.5, 0.6) is 0 Å². The van der Waals surface area contributed by atoms with Crippen molar-refractivity contribution in [3.05, 3.63) is 75.2 Å². The number of halogens is 1. The summed E-state index contributed by atoms with van der Waals surface area (Å²) in [5.41, 5.74) is 5.25. The summed E-state index contributed by atoms with van der Waals surface area (Å²) in [6.07, 6.45) is 1.86. The minimum absolute atomic E-state index is 0.247. The van der Waals surface area contributed by atoms with Crippen LogP contribution in [-0.4, -0.2) is 17.4 Å². The lowest BCUT2D eigenvalue weighted by Crippen LogP contribution is -2.12. The van der Waals surface area contributed by atoms with Gasteiger partial charge < -0.3 is 0 Å². The Labute approximate surface area is 150 Å². The Kier molecular flexibility index (Phi) is 5.24. The van der Waals surface area contributed by atoms with Crippen LogP contribution in [-0.2, 0) is 0 Å². The molecule has 0 atom stereocenters. The van der Waals surface area contributed by atoms with Crippen molar-refractivity contribution in [3.8, 4) is 11.3 Å². The standard InChI is InChI=1S/C20H20FN3S/c1-4-22-20-24(23-12-17-11-14(2)5-6-15(17)3)19(13-25-20)16-7-9-18(21)10-8-16/h5-13H,4H2,1-3H3/b22-20?,23-12-. The molecule has 0 saturated carbocycles. The highest BCUT2D eigenvalue weighted by Gasteiger charge is 2.07. The average Bonchev–Trinajstić information content (AvgIpc) is 2.99. The highest BCUT2D eigenvalue weighted by molar-refractivity contribution is 7.07. The van der Waals surface area contributed by atoms with E-state index in [1.165, 1.54) is 34.6 Å². The largest absolute Gasteiger partial charge is 0.258 e. The molecule has 1 heterocycles. The van der Waals surface area contributed by atoms with Crippen molar-refractivity contribution in [1.29, 1.82) is 0 Å².